The second kappa shape index (κ2) is 7.86. The van der Waals surface area contributed by atoms with Crippen molar-refractivity contribution in [1.82, 2.24) is 0 Å². The maximum atomic E-state index is 11.1. The minimum absolute atomic E-state index is 0.0901. The summed E-state index contributed by atoms with van der Waals surface area (Å²) < 4.78 is 0. The van der Waals surface area contributed by atoms with Crippen molar-refractivity contribution in [1.29, 1.82) is 0 Å². The van der Waals surface area contributed by atoms with Gasteiger partial charge in [0.25, 0.3) is 0 Å². The van der Waals surface area contributed by atoms with Crippen molar-refractivity contribution in [3.05, 3.63) is 91.2 Å². The number of hydrogen-bond acceptors (Lipinski definition) is 5. The van der Waals surface area contributed by atoms with Crippen LogP contribution in [0.5, 0.6) is 23.0 Å². The molecular weight excluding hydrogens is 368 g/mol. The number of aliphatic hydroxyl groups is 1. The Morgan fingerprint density at radius 1 is 0.759 bits per heavy atom. The summed E-state index contributed by atoms with van der Waals surface area (Å²) in [6.07, 6.45) is 2.84. The van der Waals surface area contributed by atoms with E-state index in [1.807, 2.05) is 0 Å². The van der Waals surface area contributed by atoms with E-state index < -0.39 is 0 Å². The van der Waals surface area contributed by atoms with Crippen LogP contribution in [0.25, 0.3) is 27.8 Å². The van der Waals surface area contributed by atoms with Gasteiger partial charge in [-0.1, -0.05) is 61.7 Å². The number of phenolic OH excluding ortho intramolecular Hbond substituents is 4. The lowest BCUT2D eigenvalue weighted by atomic mass is 9.87. The second-order valence-electron chi connectivity index (χ2n) is 6.34. The van der Waals surface area contributed by atoms with Gasteiger partial charge in [0.05, 0.1) is 0 Å². The molecule has 0 spiro atoms. The van der Waals surface area contributed by atoms with Crippen LogP contribution in [0.3, 0.4) is 0 Å². The van der Waals surface area contributed by atoms with E-state index in [9.17, 15) is 25.5 Å². The molecule has 0 bridgehead atoms. The molecule has 146 valence electrons. The topological polar surface area (TPSA) is 101 Å². The molecule has 0 saturated carbocycles. The molecule has 3 rings (SSSR count). The van der Waals surface area contributed by atoms with Crippen molar-refractivity contribution in [3.8, 4) is 45.3 Å². The van der Waals surface area contributed by atoms with Crippen molar-refractivity contribution in [2.45, 2.75) is 0 Å². The van der Waals surface area contributed by atoms with E-state index in [1.54, 1.807) is 36.4 Å². The number of rotatable bonds is 5. The molecule has 5 nitrogen and oxygen atoms in total. The molecule has 5 heteroatoms. The summed E-state index contributed by atoms with van der Waals surface area (Å²) in [7, 11) is 0. The van der Waals surface area contributed by atoms with Gasteiger partial charge in [-0.25, -0.2) is 0 Å². The van der Waals surface area contributed by atoms with Gasteiger partial charge in [0, 0.05) is 33.4 Å². The Hall–Kier alpha value is -4.12. The first-order valence-electron chi connectivity index (χ1n) is 8.73. The van der Waals surface area contributed by atoms with Crippen LogP contribution in [0.4, 0.5) is 0 Å². The fourth-order valence-electron chi connectivity index (χ4n) is 3.23. The van der Waals surface area contributed by atoms with Crippen molar-refractivity contribution in [3.63, 3.8) is 0 Å². The van der Waals surface area contributed by atoms with Gasteiger partial charge in [-0.3, -0.25) is 0 Å². The number of para-hydroxylation sites is 2. The van der Waals surface area contributed by atoms with Crippen LogP contribution in [0.15, 0.2) is 85.7 Å². The summed E-state index contributed by atoms with van der Waals surface area (Å²) in [4.78, 5) is 0. The molecule has 3 aromatic rings. The number of hydrogen-bond donors (Lipinski definition) is 5. The molecule has 0 fully saturated rings. The number of aromatic hydroxyl groups is 4. The summed E-state index contributed by atoms with van der Waals surface area (Å²) in [5.74, 6) is -1.16. The SMILES string of the molecule is C=C/C=C(\C(=C)O)c1cc(O)c(-c2ccccc2O)c(-c2ccccc2O)c1O. The van der Waals surface area contributed by atoms with E-state index in [-0.39, 0.29) is 62.1 Å². The van der Waals surface area contributed by atoms with Crippen molar-refractivity contribution in [2.24, 2.45) is 0 Å². The molecule has 0 aliphatic rings. The van der Waals surface area contributed by atoms with Gasteiger partial charge in [-0.2, -0.15) is 0 Å². The Bertz CT molecular complexity index is 1140. The lowest BCUT2D eigenvalue weighted by Gasteiger charge is -2.19. The summed E-state index contributed by atoms with van der Waals surface area (Å²) in [5, 5.41) is 52.7. The Labute approximate surface area is 168 Å². The Morgan fingerprint density at radius 3 is 1.76 bits per heavy atom. The molecule has 0 aliphatic heterocycles. The molecule has 0 aliphatic carbocycles. The normalized spacial score (nSPS) is 11.2. The highest BCUT2D eigenvalue weighted by molar-refractivity contribution is 5.99. The third-order valence-electron chi connectivity index (χ3n) is 4.51. The van der Waals surface area contributed by atoms with Crippen LogP contribution in [0.2, 0.25) is 0 Å². The van der Waals surface area contributed by atoms with E-state index in [1.165, 1.54) is 30.4 Å². The lowest BCUT2D eigenvalue weighted by molar-refractivity contribution is 0.436. The van der Waals surface area contributed by atoms with Crippen molar-refractivity contribution in [2.75, 3.05) is 0 Å². The third kappa shape index (κ3) is 3.53. The molecule has 0 saturated heterocycles. The second-order valence-corrected chi connectivity index (χ2v) is 6.34. The summed E-state index contributed by atoms with van der Waals surface area (Å²) >= 11 is 0. The molecule has 0 amide bonds. The van der Waals surface area contributed by atoms with Gasteiger partial charge < -0.3 is 25.5 Å². The average molecular weight is 388 g/mol. The van der Waals surface area contributed by atoms with Gasteiger partial charge in [-0.05, 0) is 18.2 Å². The first kappa shape index (κ1) is 19.6. The zero-order valence-corrected chi connectivity index (χ0v) is 15.5. The van der Waals surface area contributed by atoms with Gasteiger partial charge in [-0.15, -0.1) is 0 Å². The van der Waals surface area contributed by atoms with E-state index in [4.69, 9.17) is 0 Å². The minimum atomic E-state index is -0.335. The zero-order chi connectivity index (χ0) is 21.1. The quantitative estimate of drug-likeness (QED) is 0.226. The molecule has 29 heavy (non-hydrogen) atoms. The molecule has 3 aromatic carbocycles. The average Bonchev–Trinajstić information content (AvgIpc) is 2.69. The minimum Gasteiger partial charge on any atom is -0.508 e. The monoisotopic (exact) mass is 388 g/mol. The van der Waals surface area contributed by atoms with Crippen LogP contribution in [0.1, 0.15) is 5.56 Å². The van der Waals surface area contributed by atoms with Crippen molar-refractivity contribution < 1.29 is 25.5 Å². The molecule has 0 radical (unpaired) electrons. The predicted molar refractivity (Wildman–Crippen MR) is 114 cm³/mol. The van der Waals surface area contributed by atoms with Crippen LogP contribution >= 0.6 is 0 Å². The van der Waals surface area contributed by atoms with Crippen LogP contribution < -0.4 is 0 Å². The molecule has 0 atom stereocenters. The standard InChI is InChI=1S/C24H20O5/c1-3-8-15(14(2)25)18-13-21(28)22(16-9-4-6-11-19(16)26)23(24(18)29)17-10-5-7-12-20(17)27/h3-13,25-29H,1-2H2/b15-8+. The highest BCUT2D eigenvalue weighted by Crippen LogP contribution is 2.51. The highest BCUT2D eigenvalue weighted by Gasteiger charge is 2.25. The van der Waals surface area contributed by atoms with Gasteiger partial charge in [0.2, 0.25) is 0 Å². The number of phenols is 4. The zero-order valence-electron chi connectivity index (χ0n) is 15.5. The van der Waals surface area contributed by atoms with E-state index in [0.717, 1.165) is 0 Å². The van der Waals surface area contributed by atoms with E-state index in [2.05, 4.69) is 13.2 Å². The predicted octanol–water partition coefficient (Wildman–Crippen LogP) is 5.48. The molecular formula is C24H20O5. The number of aliphatic hydroxyl groups excluding tert-OH is 1. The Balaban J connectivity index is 2.49. The summed E-state index contributed by atoms with van der Waals surface area (Å²) in [6, 6.07) is 13.9. The summed E-state index contributed by atoms with van der Waals surface area (Å²) in [6.45, 7) is 7.08. The highest BCUT2D eigenvalue weighted by atomic mass is 16.3. The van der Waals surface area contributed by atoms with Gasteiger partial charge in [0.1, 0.15) is 28.8 Å². The van der Waals surface area contributed by atoms with Crippen LogP contribution in [-0.4, -0.2) is 25.5 Å². The van der Waals surface area contributed by atoms with E-state index >= 15 is 0 Å². The maximum absolute atomic E-state index is 11.1. The number of allylic oxidation sites excluding steroid dienone is 3. The fraction of sp³-hybridized carbons (Fsp3) is 0. The summed E-state index contributed by atoms with van der Waals surface area (Å²) in [5.41, 5.74) is 0.966. The first-order chi connectivity index (χ1) is 13.9. The first-order valence-corrected chi connectivity index (χ1v) is 8.73. The Morgan fingerprint density at radius 2 is 1.28 bits per heavy atom. The smallest absolute Gasteiger partial charge is 0.132 e. The molecule has 0 heterocycles. The molecule has 5 N–H and O–H groups in total. The largest absolute Gasteiger partial charge is 0.508 e. The molecule has 0 unspecified atom stereocenters. The van der Waals surface area contributed by atoms with Crippen LogP contribution in [0, 0.1) is 0 Å². The van der Waals surface area contributed by atoms with Crippen LogP contribution in [-0.2, 0) is 0 Å². The maximum Gasteiger partial charge on any atom is 0.132 e. The van der Waals surface area contributed by atoms with Crippen molar-refractivity contribution >= 4 is 5.57 Å². The lowest BCUT2D eigenvalue weighted by Crippen LogP contribution is -1.95. The van der Waals surface area contributed by atoms with Gasteiger partial charge >= 0.3 is 0 Å². The number of benzene rings is 3. The van der Waals surface area contributed by atoms with E-state index in [0.29, 0.717) is 0 Å². The third-order valence-corrected chi connectivity index (χ3v) is 4.51. The fourth-order valence-corrected chi connectivity index (χ4v) is 3.23. The van der Waals surface area contributed by atoms with Gasteiger partial charge in [0.15, 0.2) is 0 Å². The molecule has 0 aromatic heterocycles. The Kier molecular flexibility index (Phi) is 5.32.